The van der Waals surface area contributed by atoms with Gasteiger partial charge in [-0.2, -0.15) is 0 Å². The number of fused-ring (bicyclic) bond motifs is 2. The van der Waals surface area contributed by atoms with Gasteiger partial charge in [-0.1, -0.05) is 24.3 Å². The van der Waals surface area contributed by atoms with Crippen LogP contribution in [0.1, 0.15) is 36.4 Å². The predicted octanol–water partition coefficient (Wildman–Crippen LogP) is 3.83. The molecule has 0 radical (unpaired) electrons. The third kappa shape index (κ3) is 4.39. The molecule has 1 saturated heterocycles. The van der Waals surface area contributed by atoms with E-state index < -0.39 is 0 Å². The van der Waals surface area contributed by atoms with Gasteiger partial charge in [-0.15, -0.1) is 0 Å². The number of ether oxygens (including phenoxy) is 2. The fourth-order valence-corrected chi connectivity index (χ4v) is 4.70. The summed E-state index contributed by atoms with van der Waals surface area (Å²) < 4.78 is 11.6. The van der Waals surface area contributed by atoms with Crippen molar-refractivity contribution in [1.82, 2.24) is 15.2 Å². The Hall–Kier alpha value is -2.99. The zero-order valence-electron chi connectivity index (χ0n) is 17.7. The first-order chi connectivity index (χ1) is 15.3. The third-order valence-corrected chi connectivity index (χ3v) is 6.26. The van der Waals surface area contributed by atoms with Gasteiger partial charge in [-0.3, -0.25) is 9.69 Å². The van der Waals surface area contributed by atoms with E-state index in [9.17, 15) is 4.79 Å². The Morgan fingerprint density at radius 2 is 1.97 bits per heavy atom. The summed E-state index contributed by atoms with van der Waals surface area (Å²) in [6.45, 7) is 3.38. The summed E-state index contributed by atoms with van der Waals surface area (Å²) in [5.41, 5.74) is 3.58. The number of carbonyl (C=O) groups is 1. The monoisotopic (exact) mass is 419 g/mol. The van der Waals surface area contributed by atoms with Crippen LogP contribution in [0.4, 0.5) is 0 Å². The largest absolute Gasteiger partial charge is 0.490 e. The molecule has 1 amide bonds. The number of carbonyl (C=O) groups excluding carboxylic acids is 1. The maximum atomic E-state index is 12.6. The Kier molecular flexibility index (Phi) is 5.80. The fraction of sp³-hybridized carbons (Fsp3) is 0.400. The second-order valence-corrected chi connectivity index (χ2v) is 8.34. The number of hydrogen-bond donors (Lipinski definition) is 2. The maximum absolute atomic E-state index is 12.6. The van der Waals surface area contributed by atoms with Gasteiger partial charge in [-0.05, 0) is 55.1 Å². The van der Waals surface area contributed by atoms with Crippen molar-refractivity contribution in [1.29, 1.82) is 0 Å². The van der Waals surface area contributed by atoms with Gasteiger partial charge >= 0.3 is 0 Å². The molecule has 0 spiro atoms. The van der Waals surface area contributed by atoms with E-state index in [1.807, 2.05) is 24.4 Å². The number of nitrogens with one attached hydrogen (secondary N) is 2. The summed E-state index contributed by atoms with van der Waals surface area (Å²) in [5.74, 6) is 1.73. The smallest absolute Gasteiger partial charge is 0.234 e. The van der Waals surface area contributed by atoms with Gasteiger partial charge in [-0.25, -0.2) is 0 Å². The number of aromatic nitrogens is 1. The Morgan fingerprint density at radius 1 is 1.10 bits per heavy atom. The average molecular weight is 420 g/mol. The predicted molar refractivity (Wildman–Crippen MR) is 121 cm³/mol. The van der Waals surface area contributed by atoms with Crippen molar-refractivity contribution in [3.63, 3.8) is 0 Å². The zero-order valence-corrected chi connectivity index (χ0v) is 17.7. The first-order valence-corrected chi connectivity index (χ1v) is 11.2. The molecule has 5 rings (SSSR count). The molecule has 1 fully saturated rings. The van der Waals surface area contributed by atoms with Crippen molar-refractivity contribution >= 4 is 16.8 Å². The van der Waals surface area contributed by atoms with E-state index in [0.717, 1.165) is 49.2 Å². The Labute approximate surface area is 182 Å². The van der Waals surface area contributed by atoms with E-state index in [1.165, 1.54) is 16.5 Å². The number of hydrogen-bond acceptors (Lipinski definition) is 4. The van der Waals surface area contributed by atoms with Crippen molar-refractivity contribution in [2.45, 2.75) is 31.7 Å². The molecule has 1 aromatic heterocycles. The Morgan fingerprint density at radius 3 is 2.90 bits per heavy atom. The molecule has 2 aliphatic heterocycles. The minimum absolute atomic E-state index is 0.0843. The highest BCUT2D eigenvalue weighted by atomic mass is 16.5. The Bertz CT molecular complexity index is 1060. The molecule has 6 nitrogen and oxygen atoms in total. The van der Waals surface area contributed by atoms with E-state index >= 15 is 0 Å². The molecule has 0 unspecified atom stereocenters. The van der Waals surface area contributed by atoms with Gasteiger partial charge in [0, 0.05) is 36.1 Å². The summed E-state index contributed by atoms with van der Waals surface area (Å²) >= 11 is 0. The van der Waals surface area contributed by atoms with E-state index in [2.05, 4.69) is 39.5 Å². The van der Waals surface area contributed by atoms with Gasteiger partial charge in [0.05, 0.1) is 19.8 Å². The molecule has 0 bridgehead atoms. The Balaban J connectivity index is 1.17. The molecule has 3 heterocycles. The highest BCUT2D eigenvalue weighted by Crippen LogP contribution is 2.37. The number of aromatic amines is 1. The molecule has 2 aliphatic rings. The lowest BCUT2D eigenvalue weighted by molar-refractivity contribution is -0.122. The van der Waals surface area contributed by atoms with Crippen molar-refractivity contribution in [3.8, 4) is 11.5 Å². The molecule has 3 aromatic rings. The van der Waals surface area contributed by atoms with E-state index in [4.69, 9.17) is 9.47 Å². The summed E-state index contributed by atoms with van der Waals surface area (Å²) in [5, 5.41) is 4.33. The molecule has 31 heavy (non-hydrogen) atoms. The number of nitrogens with zero attached hydrogens (tertiary/aromatic N) is 1. The first kappa shape index (κ1) is 19.9. The standard InChI is InChI=1S/C25H29N3O3/c29-25(26-11-10-19-16-27-21-6-2-1-5-20(19)21)17-28-12-3-7-22(28)18-8-9-23-24(15-18)31-14-4-13-30-23/h1-2,5-6,8-9,15-16,22,27H,3-4,7,10-14,17H2,(H,26,29)/t22-/m1/s1. The van der Waals surface area contributed by atoms with Crippen LogP contribution < -0.4 is 14.8 Å². The number of benzene rings is 2. The number of likely N-dealkylation sites (tertiary alicyclic amines) is 1. The summed E-state index contributed by atoms with van der Waals surface area (Å²) in [6.07, 6.45) is 5.92. The number of amides is 1. The van der Waals surface area contributed by atoms with E-state index in [0.29, 0.717) is 26.3 Å². The molecule has 0 aliphatic carbocycles. The normalized spacial score (nSPS) is 18.8. The van der Waals surface area contributed by atoms with Crippen LogP contribution in [0.25, 0.3) is 10.9 Å². The van der Waals surface area contributed by atoms with Crippen LogP contribution in [-0.2, 0) is 11.2 Å². The SMILES string of the molecule is O=C(CN1CCC[C@@H]1c1ccc2c(c1)OCCCO2)NCCc1c[nH]c2ccccc12. The van der Waals surface area contributed by atoms with Crippen LogP contribution in [-0.4, -0.2) is 48.6 Å². The third-order valence-electron chi connectivity index (χ3n) is 6.26. The molecule has 1 atom stereocenters. The summed E-state index contributed by atoms with van der Waals surface area (Å²) in [7, 11) is 0. The van der Waals surface area contributed by atoms with Crippen molar-refractivity contribution < 1.29 is 14.3 Å². The van der Waals surface area contributed by atoms with E-state index in [1.54, 1.807) is 0 Å². The van der Waals surface area contributed by atoms with Gasteiger partial charge < -0.3 is 19.8 Å². The number of rotatable bonds is 6. The molecule has 0 saturated carbocycles. The van der Waals surface area contributed by atoms with Gasteiger partial charge in [0.1, 0.15) is 0 Å². The minimum Gasteiger partial charge on any atom is -0.490 e. The highest BCUT2D eigenvalue weighted by Gasteiger charge is 2.28. The molecule has 162 valence electrons. The lowest BCUT2D eigenvalue weighted by atomic mass is 10.0. The van der Waals surface area contributed by atoms with Crippen molar-refractivity contribution in [2.75, 3.05) is 32.8 Å². The van der Waals surface area contributed by atoms with Crippen LogP contribution in [0.2, 0.25) is 0 Å². The van der Waals surface area contributed by atoms with Crippen molar-refractivity contribution in [3.05, 3.63) is 59.8 Å². The van der Waals surface area contributed by atoms with Gasteiger partial charge in [0.15, 0.2) is 11.5 Å². The van der Waals surface area contributed by atoms with Gasteiger partial charge in [0.2, 0.25) is 5.91 Å². The quantitative estimate of drug-likeness (QED) is 0.637. The molecular formula is C25H29N3O3. The van der Waals surface area contributed by atoms with Gasteiger partial charge in [0.25, 0.3) is 0 Å². The van der Waals surface area contributed by atoms with Crippen LogP contribution in [0, 0.1) is 0 Å². The lowest BCUT2D eigenvalue weighted by Gasteiger charge is -2.25. The maximum Gasteiger partial charge on any atom is 0.234 e. The summed E-state index contributed by atoms with van der Waals surface area (Å²) in [6, 6.07) is 14.7. The number of para-hydroxylation sites is 1. The zero-order chi connectivity index (χ0) is 21.0. The fourth-order valence-electron chi connectivity index (χ4n) is 4.70. The molecule has 2 aromatic carbocycles. The average Bonchev–Trinajstić information content (AvgIpc) is 3.34. The van der Waals surface area contributed by atoms with E-state index in [-0.39, 0.29) is 11.9 Å². The first-order valence-electron chi connectivity index (χ1n) is 11.2. The van der Waals surface area contributed by atoms with Crippen LogP contribution >= 0.6 is 0 Å². The topological polar surface area (TPSA) is 66.6 Å². The highest BCUT2D eigenvalue weighted by molar-refractivity contribution is 5.83. The summed E-state index contributed by atoms with van der Waals surface area (Å²) in [4.78, 5) is 18.2. The number of H-pyrrole nitrogens is 1. The van der Waals surface area contributed by atoms with Crippen molar-refractivity contribution in [2.24, 2.45) is 0 Å². The van der Waals surface area contributed by atoms with Crippen LogP contribution in [0.5, 0.6) is 11.5 Å². The lowest BCUT2D eigenvalue weighted by Crippen LogP contribution is -2.37. The molecule has 2 N–H and O–H groups in total. The van der Waals surface area contributed by atoms with Crippen LogP contribution in [0.3, 0.4) is 0 Å². The molecular weight excluding hydrogens is 390 g/mol. The second-order valence-electron chi connectivity index (χ2n) is 8.34. The van der Waals surface area contributed by atoms with Crippen LogP contribution in [0.15, 0.2) is 48.7 Å². The second kappa shape index (κ2) is 9.02. The molecule has 6 heteroatoms. The minimum atomic E-state index is 0.0843.